The van der Waals surface area contributed by atoms with E-state index in [1.54, 1.807) is 19.1 Å². The Kier molecular flexibility index (Phi) is 4.58. The molecule has 21 heavy (non-hydrogen) atoms. The summed E-state index contributed by atoms with van der Waals surface area (Å²) in [7, 11) is -3.81. The van der Waals surface area contributed by atoms with Crippen LogP contribution < -0.4 is 10.5 Å². The van der Waals surface area contributed by atoms with Crippen LogP contribution in [0.3, 0.4) is 0 Å². The number of rotatable bonds is 3. The van der Waals surface area contributed by atoms with E-state index in [4.69, 9.17) is 40.5 Å². The topological polar surface area (TPSA) is 72.2 Å². The van der Waals surface area contributed by atoms with Crippen LogP contribution in [-0.4, -0.2) is 8.42 Å². The van der Waals surface area contributed by atoms with E-state index >= 15 is 0 Å². The van der Waals surface area contributed by atoms with E-state index < -0.39 is 10.0 Å². The van der Waals surface area contributed by atoms with Crippen molar-refractivity contribution in [1.29, 1.82) is 0 Å². The van der Waals surface area contributed by atoms with Crippen LogP contribution in [0.4, 0.5) is 11.4 Å². The molecule has 0 atom stereocenters. The van der Waals surface area contributed by atoms with Gasteiger partial charge in [0.05, 0.1) is 26.3 Å². The third-order valence-corrected chi connectivity index (χ3v) is 5.15. The average molecular weight is 366 g/mol. The fourth-order valence-corrected chi connectivity index (χ4v) is 3.75. The molecule has 112 valence electrons. The molecule has 0 spiro atoms. The molecule has 2 aromatic carbocycles. The monoisotopic (exact) mass is 364 g/mol. The average Bonchev–Trinajstić information content (AvgIpc) is 2.38. The summed E-state index contributed by atoms with van der Waals surface area (Å²) >= 11 is 17.6. The summed E-state index contributed by atoms with van der Waals surface area (Å²) in [5.74, 6) is 0. The normalized spacial score (nSPS) is 11.4. The Hall–Kier alpha value is -1.14. The number of nitrogens with one attached hydrogen (secondary N) is 1. The molecule has 0 aromatic heterocycles. The molecule has 2 rings (SSSR count). The van der Waals surface area contributed by atoms with Crippen LogP contribution in [0.5, 0.6) is 0 Å². The Morgan fingerprint density at radius 3 is 2.19 bits per heavy atom. The minimum atomic E-state index is -3.81. The second-order valence-electron chi connectivity index (χ2n) is 4.37. The molecule has 0 bridgehead atoms. The van der Waals surface area contributed by atoms with Gasteiger partial charge < -0.3 is 5.73 Å². The summed E-state index contributed by atoms with van der Waals surface area (Å²) in [6, 6.07) is 7.40. The molecule has 0 unspecified atom stereocenters. The summed E-state index contributed by atoms with van der Waals surface area (Å²) in [5.41, 5.74) is 6.60. The summed E-state index contributed by atoms with van der Waals surface area (Å²) in [6.45, 7) is 1.67. The second-order valence-corrected chi connectivity index (χ2v) is 7.27. The van der Waals surface area contributed by atoms with E-state index in [0.717, 1.165) is 0 Å². The number of hydrogen-bond acceptors (Lipinski definition) is 3. The fraction of sp³-hybridized carbons (Fsp3) is 0.0769. The summed E-state index contributed by atoms with van der Waals surface area (Å²) in [4.78, 5) is 0.0825. The molecule has 3 N–H and O–H groups in total. The van der Waals surface area contributed by atoms with Crippen molar-refractivity contribution in [1.82, 2.24) is 0 Å². The fourth-order valence-electron chi connectivity index (χ4n) is 1.72. The number of anilines is 2. The number of benzene rings is 2. The third-order valence-electron chi connectivity index (χ3n) is 2.77. The zero-order valence-corrected chi connectivity index (χ0v) is 13.9. The zero-order valence-electron chi connectivity index (χ0n) is 10.8. The first kappa shape index (κ1) is 16.2. The third kappa shape index (κ3) is 3.55. The molecule has 4 nitrogen and oxygen atoms in total. The van der Waals surface area contributed by atoms with Crippen LogP contribution in [-0.2, 0) is 10.0 Å². The first-order chi connectivity index (χ1) is 9.70. The van der Waals surface area contributed by atoms with Gasteiger partial charge in [-0.05, 0) is 36.8 Å². The molecular weight excluding hydrogens is 355 g/mol. The Bertz CT molecular complexity index is 784. The van der Waals surface area contributed by atoms with Crippen molar-refractivity contribution in [3.8, 4) is 0 Å². The van der Waals surface area contributed by atoms with Crippen molar-refractivity contribution in [3.63, 3.8) is 0 Å². The predicted octanol–water partition coefficient (Wildman–Crippen LogP) is 4.34. The Morgan fingerprint density at radius 2 is 1.62 bits per heavy atom. The van der Waals surface area contributed by atoms with Gasteiger partial charge in [0.1, 0.15) is 0 Å². The number of nitrogens with two attached hydrogens (primary N) is 1. The van der Waals surface area contributed by atoms with Crippen LogP contribution in [0.25, 0.3) is 0 Å². The van der Waals surface area contributed by atoms with Crippen molar-refractivity contribution in [2.75, 3.05) is 10.5 Å². The van der Waals surface area contributed by atoms with Gasteiger partial charge in [0, 0.05) is 5.02 Å². The van der Waals surface area contributed by atoms with E-state index in [1.165, 1.54) is 18.2 Å². The first-order valence-corrected chi connectivity index (χ1v) is 8.36. The first-order valence-electron chi connectivity index (χ1n) is 5.74. The van der Waals surface area contributed by atoms with Crippen molar-refractivity contribution in [2.24, 2.45) is 0 Å². The number of aryl methyl sites for hydroxylation is 1. The van der Waals surface area contributed by atoms with Gasteiger partial charge in [-0.1, -0.05) is 40.9 Å². The molecule has 0 saturated heterocycles. The molecule has 0 amide bonds. The van der Waals surface area contributed by atoms with Gasteiger partial charge in [0.15, 0.2) is 0 Å². The van der Waals surface area contributed by atoms with Crippen molar-refractivity contribution >= 4 is 56.2 Å². The molecule has 0 saturated carbocycles. The van der Waals surface area contributed by atoms with Gasteiger partial charge in [0.25, 0.3) is 10.0 Å². The van der Waals surface area contributed by atoms with E-state index in [0.29, 0.717) is 10.6 Å². The molecular formula is C13H11Cl3N2O2S. The number of sulfonamides is 1. The van der Waals surface area contributed by atoms with Crippen LogP contribution in [0.15, 0.2) is 35.2 Å². The largest absolute Gasteiger partial charge is 0.396 e. The number of nitrogen functional groups attached to an aromatic ring is 1. The maximum Gasteiger partial charge on any atom is 0.262 e. The molecule has 0 fully saturated rings. The molecule has 2 aromatic rings. The smallest absolute Gasteiger partial charge is 0.262 e. The van der Waals surface area contributed by atoms with Crippen molar-refractivity contribution in [2.45, 2.75) is 11.8 Å². The van der Waals surface area contributed by atoms with E-state index in [-0.39, 0.29) is 26.3 Å². The molecule has 0 radical (unpaired) electrons. The lowest BCUT2D eigenvalue weighted by molar-refractivity contribution is 0.600. The summed E-state index contributed by atoms with van der Waals surface area (Å²) < 4.78 is 27.2. The number of halogens is 3. The van der Waals surface area contributed by atoms with Gasteiger partial charge in [-0.3, -0.25) is 4.72 Å². The highest BCUT2D eigenvalue weighted by Gasteiger charge is 2.18. The lowest BCUT2D eigenvalue weighted by Gasteiger charge is -2.12. The van der Waals surface area contributed by atoms with Gasteiger partial charge in [-0.2, -0.15) is 0 Å². The van der Waals surface area contributed by atoms with Crippen LogP contribution >= 0.6 is 34.8 Å². The van der Waals surface area contributed by atoms with E-state index in [2.05, 4.69) is 4.72 Å². The van der Waals surface area contributed by atoms with Crippen LogP contribution in [0, 0.1) is 6.92 Å². The molecule has 0 aliphatic rings. The lowest BCUT2D eigenvalue weighted by Crippen LogP contribution is -2.14. The van der Waals surface area contributed by atoms with Crippen LogP contribution in [0.1, 0.15) is 5.56 Å². The van der Waals surface area contributed by atoms with Gasteiger partial charge in [-0.25, -0.2) is 8.42 Å². The maximum absolute atomic E-state index is 12.4. The standard InChI is InChI=1S/C13H11Cl3N2O2S/c1-7-2-3-8(14)4-12(7)21(19,20)18-9-5-10(15)13(17)11(16)6-9/h2-6,18H,17H2,1H3. The highest BCUT2D eigenvalue weighted by atomic mass is 35.5. The van der Waals surface area contributed by atoms with Crippen LogP contribution in [0.2, 0.25) is 15.1 Å². The molecule has 0 aliphatic carbocycles. The predicted molar refractivity (Wildman–Crippen MR) is 87.9 cm³/mol. The lowest BCUT2D eigenvalue weighted by atomic mass is 10.2. The molecule has 0 heterocycles. The van der Waals surface area contributed by atoms with Crippen molar-refractivity contribution in [3.05, 3.63) is 51.0 Å². The highest BCUT2D eigenvalue weighted by Crippen LogP contribution is 2.32. The zero-order chi connectivity index (χ0) is 15.8. The second kappa shape index (κ2) is 5.93. The Morgan fingerprint density at radius 1 is 1.05 bits per heavy atom. The maximum atomic E-state index is 12.4. The molecule has 8 heteroatoms. The van der Waals surface area contributed by atoms with E-state index in [9.17, 15) is 8.42 Å². The van der Waals surface area contributed by atoms with Crippen molar-refractivity contribution < 1.29 is 8.42 Å². The summed E-state index contributed by atoms with van der Waals surface area (Å²) in [6.07, 6.45) is 0. The Balaban J connectivity index is 2.45. The number of hydrogen-bond donors (Lipinski definition) is 2. The molecule has 0 aliphatic heterocycles. The highest BCUT2D eigenvalue weighted by molar-refractivity contribution is 7.92. The van der Waals surface area contributed by atoms with E-state index in [1.807, 2.05) is 0 Å². The minimum Gasteiger partial charge on any atom is -0.396 e. The quantitative estimate of drug-likeness (QED) is 0.795. The Labute approximate surface area is 137 Å². The summed E-state index contributed by atoms with van der Waals surface area (Å²) in [5, 5.41) is 0.667. The van der Waals surface area contributed by atoms with Gasteiger partial charge in [0.2, 0.25) is 0 Å². The SMILES string of the molecule is Cc1ccc(Cl)cc1S(=O)(=O)Nc1cc(Cl)c(N)c(Cl)c1. The van der Waals surface area contributed by atoms with Gasteiger partial charge >= 0.3 is 0 Å². The minimum absolute atomic E-state index is 0.0825. The van der Waals surface area contributed by atoms with Gasteiger partial charge in [-0.15, -0.1) is 0 Å².